The minimum absolute atomic E-state index is 0.309. The molecule has 0 bridgehead atoms. The second kappa shape index (κ2) is 5.12. The third-order valence-corrected chi connectivity index (χ3v) is 3.16. The third-order valence-electron chi connectivity index (χ3n) is 3.16. The standard InChI is InChI=1S/C15H16N2O2/c1-9-2-3-11(7-13(9)15(18)19)10-4-5-14(17)12(6-10)8-16/h2-7H,8,16-17H2,1H3,(H,18,19). The first kappa shape index (κ1) is 13.1. The quantitative estimate of drug-likeness (QED) is 0.735. The zero-order chi connectivity index (χ0) is 14.0. The molecule has 2 rings (SSSR count). The van der Waals surface area contributed by atoms with Gasteiger partial charge in [0.15, 0.2) is 0 Å². The van der Waals surface area contributed by atoms with Gasteiger partial charge in [-0.25, -0.2) is 4.79 Å². The van der Waals surface area contributed by atoms with Crippen LogP contribution in [-0.4, -0.2) is 11.1 Å². The lowest BCUT2D eigenvalue weighted by molar-refractivity contribution is 0.0696. The number of anilines is 1. The molecule has 0 unspecified atom stereocenters. The molecule has 0 aliphatic heterocycles. The predicted molar refractivity (Wildman–Crippen MR) is 75.9 cm³/mol. The van der Waals surface area contributed by atoms with Crippen LogP contribution in [-0.2, 0) is 6.54 Å². The molecule has 0 aliphatic carbocycles. The number of benzene rings is 2. The predicted octanol–water partition coefficient (Wildman–Crippen LogP) is 2.40. The number of carbonyl (C=O) groups is 1. The molecule has 5 N–H and O–H groups in total. The SMILES string of the molecule is Cc1ccc(-c2ccc(N)c(CN)c2)cc1C(=O)O. The van der Waals surface area contributed by atoms with Crippen LogP contribution in [0.15, 0.2) is 36.4 Å². The number of nitrogens with two attached hydrogens (primary N) is 2. The van der Waals surface area contributed by atoms with Crippen LogP contribution in [0.4, 0.5) is 5.69 Å². The van der Waals surface area contributed by atoms with Crippen molar-refractivity contribution < 1.29 is 9.90 Å². The Morgan fingerprint density at radius 1 is 1.16 bits per heavy atom. The van der Waals surface area contributed by atoms with Crippen molar-refractivity contribution in [3.05, 3.63) is 53.1 Å². The highest BCUT2D eigenvalue weighted by atomic mass is 16.4. The molecule has 0 heterocycles. The highest BCUT2D eigenvalue weighted by Gasteiger charge is 2.09. The van der Waals surface area contributed by atoms with Gasteiger partial charge in [0.05, 0.1) is 5.56 Å². The Labute approximate surface area is 111 Å². The lowest BCUT2D eigenvalue weighted by Gasteiger charge is -2.09. The fraction of sp³-hybridized carbons (Fsp3) is 0.133. The molecule has 0 saturated carbocycles. The van der Waals surface area contributed by atoms with Crippen LogP contribution in [0.25, 0.3) is 11.1 Å². The van der Waals surface area contributed by atoms with E-state index in [-0.39, 0.29) is 0 Å². The molecule has 4 heteroatoms. The molecule has 0 aliphatic rings. The summed E-state index contributed by atoms with van der Waals surface area (Å²) in [6.45, 7) is 2.14. The van der Waals surface area contributed by atoms with Gasteiger partial charge in [-0.05, 0) is 47.4 Å². The van der Waals surface area contributed by atoms with Crippen molar-refractivity contribution in [1.82, 2.24) is 0 Å². The fourth-order valence-electron chi connectivity index (χ4n) is 1.99. The summed E-state index contributed by atoms with van der Waals surface area (Å²) in [6.07, 6.45) is 0. The summed E-state index contributed by atoms with van der Waals surface area (Å²) in [6, 6.07) is 10.9. The van der Waals surface area contributed by atoms with E-state index >= 15 is 0 Å². The first-order chi connectivity index (χ1) is 9.02. The molecule has 19 heavy (non-hydrogen) atoms. The molecule has 0 radical (unpaired) electrons. The number of aromatic carboxylic acids is 1. The van der Waals surface area contributed by atoms with Gasteiger partial charge < -0.3 is 16.6 Å². The first-order valence-electron chi connectivity index (χ1n) is 5.95. The van der Waals surface area contributed by atoms with Gasteiger partial charge in [0.1, 0.15) is 0 Å². The number of nitrogen functional groups attached to an aromatic ring is 1. The lowest BCUT2D eigenvalue weighted by atomic mass is 9.98. The average Bonchev–Trinajstić information content (AvgIpc) is 2.39. The minimum Gasteiger partial charge on any atom is -0.478 e. The molecule has 98 valence electrons. The van der Waals surface area contributed by atoms with Crippen LogP contribution in [0.5, 0.6) is 0 Å². The summed E-state index contributed by atoms with van der Waals surface area (Å²) in [5, 5.41) is 9.14. The van der Waals surface area contributed by atoms with E-state index in [0.717, 1.165) is 22.3 Å². The van der Waals surface area contributed by atoms with E-state index in [1.165, 1.54) is 0 Å². The Morgan fingerprint density at radius 3 is 2.42 bits per heavy atom. The second-order valence-electron chi connectivity index (χ2n) is 4.45. The van der Waals surface area contributed by atoms with Crippen molar-refractivity contribution in [3.63, 3.8) is 0 Å². The molecule has 0 fully saturated rings. The average molecular weight is 256 g/mol. The summed E-state index contributed by atoms with van der Waals surface area (Å²) in [5.74, 6) is -0.922. The van der Waals surface area contributed by atoms with E-state index in [1.807, 2.05) is 18.2 Å². The van der Waals surface area contributed by atoms with Crippen molar-refractivity contribution in [1.29, 1.82) is 0 Å². The topological polar surface area (TPSA) is 89.3 Å². The van der Waals surface area contributed by atoms with Gasteiger partial charge in [0, 0.05) is 12.2 Å². The molecule has 0 saturated heterocycles. The Kier molecular flexibility index (Phi) is 3.53. The molecule has 0 spiro atoms. The van der Waals surface area contributed by atoms with Crippen LogP contribution >= 0.6 is 0 Å². The Morgan fingerprint density at radius 2 is 1.79 bits per heavy atom. The normalized spacial score (nSPS) is 10.4. The van der Waals surface area contributed by atoms with Gasteiger partial charge in [0.25, 0.3) is 0 Å². The third kappa shape index (κ3) is 2.58. The summed E-state index contributed by atoms with van der Waals surface area (Å²) < 4.78 is 0. The van der Waals surface area contributed by atoms with Crippen molar-refractivity contribution >= 4 is 11.7 Å². The van der Waals surface area contributed by atoms with Crippen LogP contribution < -0.4 is 11.5 Å². The smallest absolute Gasteiger partial charge is 0.335 e. The van der Waals surface area contributed by atoms with Crippen LogP contribution in [0.2, 0.25) is 0 Å². The van der Waals surface area contributed by atoms with Gasteiger partial charge in [-0.15, -0.1) is 0 Å². The number of carboxylic acid groups (broad SMARTS) is 1. The summed E-state index contributed by atoms with van der Waals surface area (Å²) in [5.41, 5.74) is 15.7. The van der Waals surface area contributed by atoms with E-state index in [4.69, 9.17) is 16.6 Å². The second-order valence-corrected chi connectivity index (χ2v) is 4.45. The first-order valence-corrected chi connectivity index (χ1v) is 5.95. The molecule has 2 aromatic rings. The molecular weight excluding hydrogens is 240 g/mol. The minimum atomic E-state index is -0.922. The van der Waals surface area contributed by atoms with E-state index in [0.29, 0.717) is 17.8 Å². The molecule has 2 aromatic carbocycles. The van der Waals surface area contributed by atoms with Crippen LogP contribution in [0, 0.1) is 6.92 Å². The highest BCUT2D eigenvalue weighted by Crippen LogP contribution is 2.25. The monoisotopic (exact) mass is 256 g/mol. The Hall–Kier alpha value is -2.33. The summed E-state index contributed by atoms with van der Waals surface area (Å²) in [7, 11) is 0. The molecular formula is C15H16N2O2. The van der Waals surface area contributed by atoms with E-state index in [1.54, 1.807) is 25.1 Å². The van der Waals surface area contributed by atoms with Gasteiger partial charge in [-0.2, -0.15) is 0 Å². The van der Waals surface area contributed by atoms with E-state index in [2.05, 4.69) is 0 Å². The maximum Gasteiger partial charge on any atom is 0.335 e. The van der Waals surface area contributed by atoms with Crippen molar-refractivity contribution in [2.24, 2.45) is 5.73 Å². The van der Waals surface area contributed by atoms with Crippen LogP contribution in [0.3, 0.4) is 0 Å². The maximum atomic E-state index is 11.1. The highest BCUT2D eigenvalue weighted by molar-refractivity contribution is 5.91. The molecule has 0 aromatic heterocycles. The van der Waals surface area contributed by atoms with Gasteiger partial charge in [-0.3, -0.25) is 0 Å². The summed E-state index contributed by atoms with van der Waals surface area (Å²) >= 11 is 0. The van der Waals surface area contributed by atoms with Crippen molar-refractivity contribution in [2.75, 3.05) is 5.73 Å². The van der Waals surface area contributed by atoms with E-state index < -0.39 is 5.97 Å². The molecule has 0 amide bonds. The number of carboxylic acids is 1. The molecule has 0 atom stereocenters. The number of hydrogen-bond acceptors (Lipinski definition) is 3. The number of hydrogen-bond donors (Lipinski definition) is 3. The zero-order valence-corrected chi connectivity index (χ0v) is 10.7. The molecule has 4 nitrogen and oxygen atoms in total. The zero-order valence-electron chi connectivity index (χ0n) is 10.7. The lowest BCUT2D eigenvalue weighted by Crippen LogP contribution is -2.02. The van der Waals surface area contributed by atoms with Gasteiger partial charge in [0.2, 0.25) is 0 Å². The maximum absolute atomic E-state index is 11.1. The Balaban J connectivity index is 2.53. The van der Waals surface area contributed by atoms with Crippen molar-refractivity contribution in [3.8, 4) is 11.1 Å². The summed E-state index contributed by atoms with van der Waals surface area (Å²) in [4.78, 5) is 11.1. The Bertz CT molecular complexity index is 636. The fourth-order valence-corrected chi connectivity index (χ4v) is 1.99. The van der Waals surface area contributed by atoms with Crippen molar-refractivity contribution in [2.45, 2.75) is 13.5 Å². The van der Waals surface area contributed by atoms with Gasteiger partial charge in [-0.1, -0.05) is 18.2 Å². The van der Waals surface area contributed by atoms with E-state index in [9.17, 15) is 4.79 Å². The number of rotatable bonds is 3. The van der Waals surface area contributed by atoms with Crippen LogP contribution in [0.1, 0.15) is 21.5 Å². The van der Waals surface area contributed by atoms with Gasteiger partial charge >= 0.3 is 5.97 Å². The largest absolute Gasteiger partial charge is 0.478 e. The number of aryl methyl sites for hydroxylation is 1.